The molecule has 0 aromatic heterocycles. The molecule has 1 saturated heterocycles. The summed E-state index contributed by atoms with van der Waals surface area (Å²) < 4.78 is 4.86. The van der Waals surface area contributed by atoms with Gasteiger partial charge in [0, 0.05) is 38.8 Å². The summed E-state index contributed by atoms with van der Waals surface area (Å²) in [5.74, 6) is -0.321. The normalized spacial score (nSPS) is 17.7. The van der Waals surface area contributed by atoms with Crippen LogP contribution in [0.4, 0.5) is 0 Å². The lowest BCUT2D eigenvalue weighted by Crippen LogP contribution is -2.45. The van der Waals surface area contributed by atoms with Crippen LogP contribution in [0.2, 0.25) is 0 Å². The summed E-state index contributed by atoms with van der Waals surface area (Å²) in [5.41, 5.74) is 1.53. The Balaban J connectivity index is 2.30. The number of nitrogens with one attached hydrogen (secondary N) is 1. The van der Waals surface area contributed by atoms with Gasteiger partial charge < -0.3 is 15.2 Å². The van der Waals surface area contributed by atoms with Crippen LogP contribution >= 0.6 is 0 Å². The fourth-order valence-corrected chi connectivity index (χ4v) is 2.73. The molecule has 110 valence electrons. The lowest BCUT2D eigenvalue weighted by atomic mass is 9.96. The summed E-state index contributed by atoms with van der Waals surface area (Å²) >= 11 is 0. The van der Waals surface area contributed by atoms with Gasteiger partial charge in [-0.05, 0) is 18.1 Å². The number of aliphatic hydroxyl groups excluding tert-OH is 1. The highest BCUT2D eigenvalue weighted by Gasteiger charge is 2.25. The molecular formula is C15H22N2O3. The largest absolute Gasteiger partial charge is 0.465 e. The zero-order valence-electron chi connectivity index (χ0n) is 11.8. The number of carbonyl (C=O) groups excluding carboxylic acids is 1. The predicted molar refractivity (Wildman–Crippen MR) is 76.7 cm³/mol. The number of benzene rings is 1. The number of carbonyl (C=O) groups is 1. The lowest BCUT2D eigenvalue weighted by molar-refractivity contribution is 0.0593. The molecule has 1 fully saturated rings. The Morgan fingerprint density at radius 2 is 2.10 bits per heavy atom. The SMILES string of the molecule is COC(=O)c1ccccc1[C@@H](CCO)N1CCNCC1. The molecule has 0 aliphatic carbocycles. The van der Waals surface area contributed by atoms with Gasteiger partial charge in [0.05, 0.1) is 12.7 Å². The molecule has 0 unspecified atom stereocenters. The van der Waals surface area contributed by atoms with E-state index in [1.165, 1.54) is 7.11 Å². The average molecular weight is 278 g/mol. The fraction of sp³-hybridized carbons (Fsp3) is 0.533. The van der Waals surface area contributed by atoms with E-state index in [2.05, 4.69) is 10.2 Å². The first-order valence-corrected chi connectivity index (χ1v) is 7.00. The van der Waals surface area contributed by atoms with Crippen molar-refractivity contribution >= 4 is 5.97 Å². The van der Waals surface area contributed by atoms with Gasteiger partial charge in [0.15, 0.2) is 0 Å². The monoisotopic (exact) mass is 278 g/mol. The Morgan fingerprint density at radius 1 is 1.40 bits per heavy atom. The van der Waals surface area contributed by atoms with E-state index in [0.717, 1.165) is 31.7 Å². The van der Waals surface area contributed by atoms with Crippen LogP contribution in [0, 0.1) is 0 Å². The van der Waals surface area contributed by atoms with Crippen LogP contribution in [0.5, 0.6) is 0 Å². The Morgan fingerprint density at radius 3 is 2.75 bits per heavy atom. The molecule has 5 nitrogen and oxygen atoms in total. The first-order valence-electron chi connectivity index (χ1n) is 7.00. The number of esters is 1. The average Bonchev–Trinajstić information content (AvgIpc) is 2.53. The van der Waals surface area contributed by atoms with Gasteiger partial charge in [0.1, 0.15) is 0 Å². The predicted octanol–water partition coefficient (Wildman–Crippen LogP) is 0.802. The number of ether oxygens (including phenoxy) is 1. The molecular weight excluding hydrogens is 256 g/mol. The molecule has 1 heterocycles. The molecule has 0 bridgehead atoms. The summed E-state index contributed by atoms with van der Waals surface area (Å²) in [6.07, 6.45) is 0.619. The summed E-state index contributed by atoms with van der Waals surface area (Å²) in [4.78, 5) is 14.2. The number of hydrogen-bond donors (Lipinski definition) is 2. The highest BCUT2D eigenvalue weighted by atomic mass is 16.5. The number of rotatable bonds is 5. The minimum atomic E-state index is -0.321. The molecule has 2 rings (SSSR count). The van der Waals surface area contributed by atoms with Crippen LogP contribution in [0.15, 0.2) is 24.3 Å². The van der Waals surface area contributed by atoms with E-state index < -0.39 is 0 Å². The van der Waals surface area contributed by atoms with Crippen molar-refractivity contribution in [3.8, 4) is 0 Å². The van der Waals surface area contributed by atoms with Gasteiger partial charge in [0.2, 0.25) is 0 Å². The van der Waals surface area contributed by atoms with Gasteiger partial charge in [-0.2, -0.15) is 0 Å². The van der Waals surface area contributed by atoms with Crippen molar-refractivity contribution in [2.45, 2.75) is 12.5 Å². The second kappa shape index (κ2) is 7.38. The van der Waals surface area contributed by atoms with Crippen molar-refractivity contribution in [2.24, 2.45) is 0 Å². The van der Waals surface area contributed by atoms with E-state index in [1.54, 1.807) is 6.07 Å². The van der Waals surface area contributed by atoms with Crippen LogP contribution in [0.3, 0.4) is 0 Å². The van der Waals surface area contributed by atoms with Gasteiger partial charge in [0.25, 0.3) is 0 Å². The van der Waals surface area contributed by atoms with Crippen molar-refractivity contribution < 1.29 is 14.6 Å². The lowest BCUT2D eigenvalue weighted by Gasteiger charge is -2.35. The molecule has 1 aliphatic rings. The number of aliphatic hydroxyl groups is 1. The first kappa shape index (κ1) is 15.0. The van der Waals surface area contributed by atoms with Crippen LogP contribution in [-0.4, -0.2) is 55.9 Å². The van der Waals surface area contributed by atoms with Crippen molar-refractivity contribution in [3.63, 3.8) is 0 Å². The third kappa shape index (κ3) is 3.36. The second-order valence-corrected chi connectivity index (χ2v) is 4.89. The topological polar surface area (TPSA) is 61.8 Å². The quantitative estimate of drug-likeness (QED) is 0.780. The number of piperazine rings is 1. The van der Waals surface area contributed by atoms with E-state index in [0.29, 0.717) is 12.0 Å². The Labute approximate surface area is 119 Å². The summed E-state index contributed by atoms with van der Waals surface area (Å²) in [5, 5.41) is 12.7. The molecule has 5 heteroatoms. The minimum Gasteiger partial charge on any atom is -0.465 e. The first-order chi connectivity index (χ1) is 9.77. The van der Waals surface area contributed by atoms with Crippen molar-refractivity contribution in [1.29, 1.82) is 0 Å². The van der Waals surface area contributed by atoms with Gasteiger partial charge >= 0.3 is 5.97 Å². The van der Waals surface area contributed by atoms with Crippen LogP contribution in [-0.2, 0) is 4.74 Å². The number of methoxy groups -OCH3 is 1. The minimum absolute atomic E-state index is 0.0531. The van der Waals surface area contributed by atoms with E-state index in [1.807, 2.05) is 18.2 Å². The van der Waals surface area contributed by atoms with Crippen LogP contribution < -0.4 is 5.32 Å². The second-order valence-electron chi connectivity index (χ2n) is 4.89. The smallest absolute Gasteiger partial charge is 0.338 e. The number of hydrogen-bond acceptors (Lipinski definition) is 5. The zero-order valence-corrected chi connectivity index (χ0v) is 11.8. The van der Waals surface area contributed by atoms with E-state index in [-0.39, 0.29) is 18.6 Å². The Kier molecular flexibility index (Phi) is 5.52. The van der Waals surface area contributed by atoms with Gasteiger partial charge in [-0.25, -0.2) is 4.79 Å². The van der Waals surface area contributed by atoms with Crippen molar-refractivity contribution in [2.75, 3.05) is 39.9 Å². The molecule has 1 aromatic carbocycles. The summed E-state index contributed by atoms with van der Waals surface area (Å²) in [7, 11) is 1.39. The number of nitrogens with zero attached hydrogens (tertiary/aromatic N) is 1. The molecule has 1 aliphatic heterocycles. The Hall–Kier alpha value is -1.43. The molecule has 0 saturated carbocycles. The maximum atomic E-state index is 11.9. The molecule has 2 N–H and O–H groups in total. The van der Waals surface area contributed by atoms with E-state index in [9.17, 15) is 9.90 Å². The van der Waals surface area contributed by atoms with Gasteiger partial charge in [-0.1, -0.05) is 18.2 Å². The molecule has 1 aromatic rings. The highest BCUT2D eigenvalue weighted by molar-refractivity contribution is 5.91. The summed E-state index contributed by atoms with van der Waals surface area (Å²) in [6, 6.07) is 7.55. The van der Waals surface area contributed by atoms with Gasteiger partial charge in [-0.15, -0.1) is 0 Å². The molecule has 20 heavy (non-hydrogen) atoms. The van der Waals surface area contributed by atoms with E-state index >= 15 is 0 Å². The molecule has 1 atom stereocenters. The third-order valence-corrected chi connectivity index (χ3v) is 3.72. The maximum absolute atomic E-state index is 11.9. The zero-order chi connectivity index (χ0) is 14.4. The Bertz CT molecular complexity index is 444. The fourth-order valence-electron chi connectivity index (χ4n) is 2.73. The van der Waals surface area contributed by atoms with Crippen molar-refractivity contribution in [3.05, 3.63) is 35.4 Å². The summed E-state index contributed by atoms with van der Waals surface area (Å²) in [6.45, 7) is 3.80. The van der Waals surface area contributed by atoms with E-state index in [4.69, 9.17) is 4.74 Å². The molecule has 0 radical (unpaired) electrons. The van der Waals surface area contributed by atoms with Gasteiger partial charge in [-0.3, -0.25) is 4.90 Å². The standard InChI is InChI=1S/C15H22N2O3/c1-20-15(19)13-5-3-2-4-12(13)14(6-11-18)17-9-7-16-8-10-17/h2-5,14,16,18H,6-11H2,1H3/t14-/m1/s1. The van der Waals surface area contributed by atoms with Crippen LogP contribution in [0.25, 0.3) is 0 Å². The molecule has 0 spiro atoms. The molecule has 0 amide bonds. The van der Waals surface area contributed by atoms with Crippen molar-refractivity contribution in [1.82, 2.24) is 10.2 Å². The highest BCUT2D eigenvalue weighted by Crippen LogP contribution is 2.27. The third-order valence-electron chi connectivity index (χ3n) is 3.72. The van der Waals surface area contributed by atoms with Crippen LogP contribution in [0.1, 0.15) is 28.4 Å². The maximum Gasteiger partial charge on any atom is 0.338 e.